The number of carbonyl (C=O) groups is 1. The molecule has 0 radical (unpaired) electrons. The summed E-state index contributed by atoms with van der Waals surface area (Å²) in [6.45, 7) is 3.52. The van der Waals surface area contributed by atoms with Crippen molar-refractivity contribution in [3.63, 3.8) is 0 Å². The number of carbonyl (C=O) groups excluding carboxylic acids is 1. The van der Waals surface area contributed by atoms with Crippen molar-refractivity contribution in [2.75, 3.05) is 40.3 Å². The third-order valence-corrected chi connectivity index (χ3v) is 7.31. The zero-order chi connectivity index (χ0) is 22.3. The van der Waals surface area contributed by atoms with Gasteiger partial charge >= 0.3 is 0 Å². The summed E-state index contributed by atoms with van der Waals surface area (Å²) in [5, 5.41) is 2.95. The fourth-order valence-electron chi connectivity index (χ4n) is 3.60. The lowest BCUT2D eigenvalue weighted by Gasteiger charge is -2.31. The van der Waals surface area contributed by atoms with Crippen LogP contribution in [0.15, 0.2) is 59.5 Å². The number of sulfonamides is 1. The van der Waals surface area contributed by atoms with E-state index in [1.54, 1.807) is 12.1 Å². The average Bonchev–Trinajstić information content (AvgIpc) is 2.78. The topological polar surface area (TPSA) is 79.0 Å². The molecule has 2 aromatic carbocycles. The van der Waals surface area contributed by atoms with E-state index in [1.807, 2.05) is 6.07 Å². The van der Waals surface area contributed by atoms with Gasteiger partial charge in [0.05, 0.1) is 11.4 Å². The van der Waals surface area contributed by atoms with Gasteiger partial charge in [-0.2, -0.15) is 0 Å². The summed E-state index contributed by atoms with van der Waals surface area (Å²) < 4.78 is 30.9. The van der Waals surface area contributed by atoms with Crippen LogP contribution in [0.4, 0.5) is 0 Å². The molecule has 3 rings (SSSR count). The molecule has 1 amide bonds. The van der Waals surface area contributed by atoms with Crippen LogP contribution >= 0.6 is 0 Å². The number of hydrogen-bond acceptors (Lipinski definition) is 5. The van der Waals surface area contributed by atoms with Crippen molar-refractivity contribution in [1.29, 1.82) is 0 Å². The summed E-state index contributed by atoms with van der Waals surface area (Å²) in [6.07, 6.45) is 1.72. The Hall–Kier alpha value is -2.42. The molecule has 0 aliphatic carbocycles. The fourth-order valence-corrected chi connectivity index (χ4v) is 4.50. The van der Waals surface area contributed by atoms with Crippen molar-refractivity contribution in [3.05, 3.63) is 60.2 Å². The predicted molar refractivity (Wildman–Crippen MR) is 120 cm³/mol. The first-order valence-electron chi connectivity index (χ1n) is 10.6. The highest BCUT2D eigenvalue weighted by molar-refractivity contribution is 7.89. The van der Waals surface area contributed by atoms with E-state index in [0.717, 1.165) is 32.5 Å². The maximum atomic E-state index is 12.4. The Kier molecular flexibility index (Phi) is 8.06. The first kappa shape index (κ1) is 23.2. The van der Waals surface area contributed by atoms with Crippen LogP contribution in [-0.4, -0.2) is 63.9 Å². The highest BCUT2D eigenvalue weighted by atomic mass is 32.2. The number of hydrogen-bond donors (Lipinski definition) is 1. The number of nitrogens with one attached hydrogen (secondary N) is 1. The molecule has 1 fully saturated rings. The largest absolute Gasteiger partial charge is 0.492 e. The summed E-state index contributed by atoms with van der Waals surface area (Å²) in [5.41, 5.74) is 1.30. The monoisotopic (exact) mass is 445 g/mol. The fraction of sp³-hybridized carbons (Fsp3) is 0.435. The molecule has 0 aromatic heterocycles. The van der Waals surface area contributed by atoms with Gasteiger partial charge in [0.2, 0.25) is 15.9 Å². The Bertz CT molecular complexity index is 939. The molecule has 1 saturated heterocycles. The van der Waals surface area contributed by atoms with Crippen LogP contribution in [0.5, 0.6) is 5.75 Å². The Labute approximate surface area is 185 Å². The lowest BCUT2D eigenvalue weighted by Crippen LogP contribution is -2.41. The number of benzene rings is 2. The van der Waals surface area contributed by atoms with Gasteiger partial charge < -0.3 is 10.1 Å². The Morgan fingerprint density at radius 3 is 2.32 bits per heavy atom. The lowest BCUT2D eigenvalue weighted by atomic mass is 9.95. The van der Waals surface area contributed by atoms with E-state index >= 15 is 0 Å². The van der Waals surface area contributed by atoms with E-state index in [4.69, 9.17) is 4.74 Å². The van der Waals surface area contributed by atoms with Gasteiger partial charge in [0.25, 0.3) is 0 Å². The van der Waals surface area contributed by atoms with Gasteiger partial charge in [-0.15, -0.1) is 0 Å². The smallest absolute Gasteiger partial charge is 0.242 e. The number of rotatable bonds is 9. The maximum absolute atomic E-state index is 12.4. The van der Waals surface area contributed by atoms with Crippen LogP contribution in [0.3, 0.4) is 0 Å². The van der Waals surface area contributed by atoms with Crippen molar-refractivity contribution >= 4 is 15.9 Å². The molecule has 0 unspecified atom stereocenters. The summed E-state index contributed by atoms with van der Waals surface area (Å²) in [5.74, 6) is 0.694. The molecule has 1 aliphatic rings. The molecule has 31 heavy (non-hydrogen) atoms. The highest BCUT2D eigenvalue weighted by Gasteiger charge is 2.24. The van der Waals surface area contributed by atoms with Crippen LogP contribution in [0.2, 0.25) is 0 Å². The first-order valence-corrected chi connectivity index (χ1v) is 12.0. The van der Waals surface area contributed by atoms with E-state index < -0.39 is 10.0 Å². The standard InChI is InChI=1S/C23H31N3O4S/c1-25(2)31(28,29)22-10-8-21(9-11-22)30-17-14-24-23(27)20-12-15-26(16-13-20)18-19-6-4-3-5-7-19/h3-11,20H,12-18H2,1-2H3,(H,24,27). The molecule has 0 spiro atoms. The van der Waals surface area contributed by atoms with E-state index in [-0.39, 0.29) is 16.7 Å². The van der Waals surface area contributed by atoms with Crippen LogP contribution in [-0.2, 0) is 21.4 Å². The van der Waals surface area contributed by atoms with Crippen molar-refractivity contribution in [2.24, 2.45) is 5.92 Å². The summed E-state index contributed by atoms with van der Waals surface area (Å²) in [7, 11) is -0.456. The van der Waals surface area contributed by atoms with Crippen LogP contribution < -0.4 is 10.1 Å². The van der Waals surface area contributed by atoms with Crippen LogP contribution in [0.25, 0.3) is 0 Å². The normalized spacial score (nSPS) is 15.7. The van der Waals surface area contributed by atoms with E-state index in [2.05, 4.69) is 34.5 Å². The number of ether oxygens (including phenoxy) is 1. The maximum Gasteiger partial charge on any atom is 0.242 e. The van der Waals surface area contributed by atoms with Crippen molar-refractivity contribution in [3.8, 4) is 5.75 Å². The molecule has 168 valence electrons. The molecule has 8 heteroatoms. The van der Waals surface area contributed by atoms with E-state index in [9.17, 15) is 13.2 Å². The van der Waals surface area contributed by atoms with Crippen LogP contribution in [0, 0.1) is 5.92 Å². The molecule has 1 N–H and O–H groups in total. The summed E-state index contributed by atoms with van der Waals surface area (Å²) in [4.78, 5) is 15.0. The molecule has 0 bridgehead atoms. The third-order valence-electron chi connectivity index (χ3n) is 5.48. The van der Waals surface area contributed by atoms with Crippen molar-refractivity contribution < 1.29 is 17.9 Å². The minimum atomic E-state index is -3.45. The Balaban J connectivity index is 1.35. The SMILES string of the molecule is CN(C)S(=O)(=O)c1ccc(OCCNC(=O)C2CCN(Cc3ccccc3)CC2)cc1. The molecule has 0 atom stereocenters. The number of amides is 1. The van der Waals surface area contributed by atoms with Crippen molar-refractivity contribution in [1.82, 2.24) is 14.5 Å². The van der Waals surface area contributed by atoms with Crippen LogP contribution in [0.1, 0.15) is 18.4 Å². The number of likely N-dealkylation sites (tertiary alicyclic amines) is 1. The minimum Gasteiger partial charge on any atom is -0.492 e. The molecule has 7 nitrogen and oxygen atoms in total. The second-order valence-electron chi connectivity index (χ2n) is 7.93. The van der Waals surface area contributed by atoms with Gasteiger partial charge in [-0.25, -0.2) is 12.7 Å². The molecule has 1 heterocycles. The predicted octanol–water partition coefficient (Wildman–Crippen LogP) is 2.34. The average molecular weight is 446 g/mol. The third kappa shape index (κ3) is 6.53. The van der Waals surface area contributed by atoms with Gasteiger partial charge in [-0.05, 0) is 55.8 Å². The molecular formula is C23H31N3O4S. The van der Waals surface area contributed by atoms with E-state index in [0.29, 0.717) is 18.9 Å². The minimum absolute atomic E-state index is 0.0440. The van der Waals surface area contributed by atoms with E-state index in [1.165, 1.54) is 36.1 Å². The highest BCUT2D eigenvalue weighted by Crippen LogP contribution is 2.20. The molecule has 1 aliphatic heterocycles. The summed E-state index contributed by atoms with van der Waals surface area (Å²) >= 11 is 0. The van der Waals surface area contributed by atoms with Crippen molar-refractivity contribution in [2.45, 2.75) is 24.3 Å². The quantitative estimate of drug-likeness (QED) is 0.600. The van der Waals surface area contributed by atoms with Gasteiger partial charge in [0.1, 0.15) is 12.4 Å². The first-order chi connectivity index (χ1) is 14.9. The number of piperidine rings is 1. The second-order valence-corrected chi connectivity index (χ2v) is 10.1. The molecule has 2 aromatic rings. The zero-order valence-electron chi connectivity index (χ0n) is 18.2. The van der Waals surface area contributed by atoms with Gasteiger partial charge in [0.15, 0.2) is 0 Å². The van der Waals surface area contributed by atoms with Gasteiger partial charge in [-0.3, -0.25) is 9.69 Å². The Morgan fingerprint density at radius 1 is 1.06 bits per heavy atom. The lowest BCUT2D eigenvalue weighted by molar-refractivity contribution is -0.126. The Morgan fingerprint density at radius 2 is 1.71 bits per heavy atom. The molecule has 0 saturated carbocycles. The zero-order valence-corrected chi connectivity index (χ0v) is 19.0. The summed E-state index contributed by atoms with van der Waals surface area (Å²) in [6, 6.07) is 16.7. The van der Waals surface area contributed by atoms with Gasteiger partial charge in [0, 0.05) is 26.6 Å². The van der Waals surface area contributed by atoms with Gasteiger partial charge in [-0.1, -0.05) is 30.3 Å². The second kappa shape index (κ2) is 10.7. The molecular weight excluding hydrogens is 414 g/mol. The number of nitrogens with zero attached hydrogens (tertiary/aromatic N) is 2.